The van der Waals surface area contributed by atoms with E-state index in [1.54, 1.807) is 36.4 Å². The topological polar surface area (TPSA) is 37.4 Å². The summed E-state index contributed by atoms with van der Waals surface area (Å²) in [5, 5.41) is 0.495. The van der Waals surface area contributed by atoms with Crippen LogP contribution in [0.4, 0.5) is 5.69 Å². The molecule has 3 nitrogen and oxygen atoms in total. The van der Waals surface area contributed by atoms with Crippen molar-refractivity contribution in [3.63, 3.8) is 0 Å². The van der Waals surface area contributed by atoms with Gasteiger partial charge >= 0.3 is 0 Å². The highest BCUT2D eigenvalue weighted by Crippen LogP contribution is 2.32. The van der Waals surface area contributed by atoms with Crippen LogP contribution in [0.2, 0.25) is 5.02 Å². The monoisotopic (exact) mass is 285 g/mol. The highest BCUT2D eigenvalue weighted by atomic mass is 35.5. The number of rotatable bonds is 1. The van der Waals surface area contributed by atoms with Crippen molar-refractivity contribution in [2.45, 2.75) is 12.8 Å². The van der Waals surface area contributed by atoms with Crippen LogP contribution >= 0.6 is 11.6 Å². The molecule has 1 aliphatic rings. The molecule has 0 fully saturated rings. The summed E-state index contributed by atoms with van der Waals surface area (Å²) in [6.45, 7) is 1.81. The molecule has 4 heteroatoms. The number of anilines is 1. The normalized spacial score (nSPS) is 18.1. The van der Waals surface area contributed by atoms with Crippen molar-refractivity contribution >= 4 is 29.1 Å². The smallest absolute Gasteiger partial charge is 0.265 e. The molecule has 2 amide bonds. The highest BCUT2D eigenvalue weighted by molar-refractivity contribution is 6.31. The fourth-order valence-corrected chi connectivity index (χ4v) is 2.66. The molecule has 2 aromatic rings. The van der Waals surface area contributed by atoms with Crippen LogP contribution in [-0.4, -0.2) is 11.8 Å². The van der Waals surface area contributed by atoms with Crippen molar-refractivity contribution in [2.24, 2.45) is 0 Å². The lowest BCUT2D eigenvalue weighted by atomic mass is 9.89. The van der Waals surface area contributed by atoms with Crippen molar-refractivity contribution < 1.29 is 9.59 Å². The molecule has 0 bridgehead atoms. The Hall–Kier alpha value is -2.13. The minimum Gasteiger partial charge on any atom is -0.273 e. The first-order valence-electron chi connectivity index (χ1n) is 6.32. The van der Waals surface area contributed by atoms with E-state index < -0.39 is 0 Å². The van der Waals surface area contributed by atoms with E-state index in [9.17, 15) is 9.59 Å². The maximum Gasteiger partial charge on any atom is 0.265 e. The van der Waals surface area contributed by atoms with Gasteiger partial charge in [0.05, 0.1) is 11.6 Å². The zero-order valence-corrected chi connectivity index (χ0v) is 11.6. The number of carbonyl (C=O) groups excluding carboxylic acids is 2. The molecule has 20 heavy (non-hydrogen) atoms. The van der Waals surface area contributed by atoms with Gasteiger partial charge < -0.3 is 0 Å². The van der Waals surface area contributed by atoms with Gasteiger partial charge in [-0.2, -0.15) is 0 Å². The van der Waals surface area contributed by atoms with E-state index in [4.69, 9.17) is 11.6 Å². The minimum atomic E-state index is -0.345. The van der Waals surface area contributed by atoms with Crippen LogP contribution in [-0.2, 0) is 4.79 Å². The summed E-state index contributed by atoms with van der Waals surface area (Å²) in [6, 6.07) is 14.0. The quantitative estimate of drug-likeness (QED) is 0.750. The molecular weight excluding hydrogens is 274 g/mol. The first-order chi connectivity index (χ1) is 9.59. The van der Waals surface area contributed by atoms with Gasteiger partial charge in [-0.3, -0.25) is 9.59 Å². The van der Waals surface area contributed by atoms with E-state index in [0.29, 0.717) is 16.3 Å². The second-order valence-corrected chi connectivity index (χ2v) is 5.20. The van der Waals surface area contributed by atoms with Gasteiger partial charge in [-0.1, -0.05) is 35.9 Å². The van der Waals surface area contributed by atoms with E-state index in [1.807, 2.05) is 19.1 Å². The van der Waals surface area contributed by atoms with Crippen LogP contribution < -0.4 is 4.90 Å². The summed E-state index contributed by atoms with van der Waals surface area (Å²) in [7, 11) is 0. The maximum atomic E-state index is 12.5. The molecule has 1 atom stereocenters. The zero-order valence-electron chi connectivity index (χ0n) is 10.8. The Bertz CT molecular complexity index is 711. The molecule has 1 unspecified atom stereocenters. The average Bonchev–Trinajstić information content (AvgIpc) is 2.45. The standard InChI is InChI=1S/C16H12ClNO2/c1-10-13-7-2-3-8-14(13)16(20)18(15(10)19)12-6-4-5-11(17)9-12/h2-10H,1H3. The minimum absolute atomic E-state index is 0.226. The van der Waals surface area contributed by atoms with Crippen molar-refractivity contribution in [3.8, 4) is 0 Å². The van der Waals surface area contributed by atoms with Crippen LogP contribution in [0.3, 0.4) is 0 Å². The highest BCUT2D eigenvalue weighted by Gasteiger charge is 2.36. The van der Waals surface area contributed by atoms with Crippen molar-refractivity contribution in [1.29, 1.82) is 0 Å². The number of hydrogen-bond acceptors (Lipinski definition) is 2. The number of fused-ring (bicyclic) bond motifs is 1. The molecule has 2 aromatic carbocycles. The zero-order chi connectivity index (χ0) is 14.3. The summed E-state index contributed by atoms with van der Waals surface area (Å²) in [6.07, 6.45) is 0. The lowest BCUT2D eigenvalue weighted by molar-refractivity contribution is -0.119. The van der Waals surface area contributed by atoms with Gasteiger partial charge in [0.2, 0.25) is 5.91 Å². The summed E-state index contributed by atoms with van der Waals surface area (Å²) < 4.78 is 0. The molecule has 0 saturated heterocycles. The Morgan fingerprint density at radius 3 is 2.55 bits per heavy atom. The van der Waals surface area contributed by atoms with Crippen LogP contribution in [0.1, 0.15) is 28.8 Å². The predicted octanol–water partition coefficient (Wildman–Crippen LogP) is 3.63. The summed E-state index contributed by atoms with van der Waals surface area (Å²) in [4.78, 5) is 26.2. The summed E-state index contributed by atoms with van der Waals surface area (Å²) in [5.74, 6) is -0.871. The Balaban J connectivity index is 2.15. The largest absolute Gasteiger partial charge is 0.273 e. The Morgan fingerprint density at radius 2 is 1.80 bits per heavy atom. The van der Waals surface area contributed by atoms with E-state index >= 15 is 0 Å². The number of imide groups is 1. The van der Waals surface area contributed by atoms with Crippen LogP contribution in [0.25, 0.3) is 0 Å². The number of carbonyl (C=O) groups is 2. The first kappa shape index (κ1) is 12.9. The van der Waals surface area contributed by atoms with Crippen LogP contribution in [0.15, 0.2) is 48.5 Å². The Labute approximate surface area is 121 Å². The van der Waals surface area contributed by atoms with Crippen LogP contribution in [0, 0.1) is 0 Å². The number of benzene rings is 2. The summed E-state index contributed by atoms with van der Waals surface area (Å²) in [5.41, 5.74) is 1.86. The molecule has 0 spiro atoms. The molecule has 3 rings (SSSR count). The molecule has 0 radical (unpaired) electrons. The van der Waals surface area contributed by atoms with E-state index in [2.05, 4.69) is 0 Å². The van der Waals surface area contributed by atoms with Gasteiger partial charge in [-0.05, 0) is 36.8 Å². The Morgan fingerprint density at radius 1 is 1.05 bits per heavy atom. The van der Waals surface area contributed by atoms with Crippen molar-refractivity contribution in [2.75, 3.05) is 4.90 Å². The van der Waals surface area contributed by atoms with Crippen molar-refractivity contribution in [1.82, 2.24) is 0 Å². The summed E-state index contributed by atoms with van der Waals surface area (Å²) >= 11 is 5.95. The molecule has 0 saturated carbocycles. The molecule has 100 valence electrons. The number of halogens is 1. The van der Waals surface area contributed by atoms with Gasteiger partial charge in [0.25, 0.3) is 5.91 Å². The average molecular weight is 286 g/mol. The number of nitrogens with zero attached hydrogens (tertiary/aromatic N) is 1. The van der Waals surface area contributed by atoms with Gasteiger partial charge in [0.1, 0.15) is 0 Å². The van der Waals surface area contributed by atoms with E-state index in [0.717, 1.165) is 5.56 Å². The third-order valence-electron chi connectivity index (χ3n) is 3.52. The first-order valence-corrected chi connectivity index (χ1v) is 6.70. The lowest BCUT2D eigenvalue weighted by Crippen LogP contribution is -2.44. The fraction of sp³-hybridized carbons (Fsp3) is 0.125. The second-order valence-electron chi connectivity index (χ2n) is 4.77. The SMILES string of the molecule is CC1C(=O)N(c2cccc(Cl)c2)C(=O)c2ccccc21. The molecule has 0 N–H and O–H groups in total. The van der Waals surface area contributed by atoms with Crippen molar-refractivity contribution in [3.05, 3.63) is 64.7 Å². The fourth-order valence-electron chi connectivity index (χ4n) is 2.48. The molecule has 1 heterocycles. The molecule has 0 aliphatic carbocycles. The third-order valence-corrected chi connectivity index (χ3v) is 3.75. The van der Waals surface area contributed by atoms with Crippen LogP contribution in [0.5, 0.6) is 0 Å². The third kappa shape index (κ3) is 1.91. The van der Waals surface area contributed by atoms with E-state index in [-0.39, 0.29) is 17.7 Å². The predicted molar refractivity (Wildman–Crippen MR) is 78.1 cm³/mol. The Kier molecular flexibility index (Phi) is 3.07. The maximum absolute atomic E-state index is 12.5. The molecular formula is C16H12ClNO2. The van der Waals surface area contributed by atoms with Gasteiger partial charge in [-0.25, -0.2) is 4.90 Å². The lowest BCUT2D eigenvalue weighted by Gasteiger charge is -2.30. The molecule has 1 aliphatic heterocycles. The number of hydrogen-bond donors (Lipinski definition) is 0. The molecule has 0 aromatic heterocycles. The van der Waals surface area contributed by atoms with Gasteiger partial charge in [0.15, 0.2) is 0 Å². The van der Waals surface area contributed by atoms with Gasteiger partial charge in [0, 0.05) is 10.6 Å². The second kappa shape index (κ2) is 4.76. The number of amides is 2. The van der Waals surface area contributed by atoms with E-state index in [1.165, 1.54) is 4.90 Å². The van der Waals surface area contributed by atoms with Gasteiger partial charge in [-0.15, -0.1) is 0 Å².